The van der Waals surface area contributed by atoms with Crippen LogP contribution in [0.5, 0.6) is 0 Å². The number of amides is 1. The fraction of sp³-hybridized carbons (Fsp3) is 0.750. The Morgan fingerprint density at radius 1 is 1.33 bits per heavy atom. The molecule has 0 saturated heterocycles. The largest absolute Gasteiger partial charge is 0.466 e. The summed E-state index contributed by atoms with van der Waals surface area (Å²) in [6.07, 6.45) is 0.690. The molecule has 70 valence electrons. The molecule has 0 N–H and O–H groups in total. The van der Waals surface area contributed by atoms with Gasteiger partial charge < -0.3 is 9.64 Å². The fourth-order valence-electron chi connectivity index (χ4n) is 0.675. The molecule has 0 radical (unpaired) electrons. The summed E-state index contributed by atoms with van der Waals surface area (Å²) in [6.45, 7) is 3.89. The molecule has 0 aromatic carbocycles. The maximum absolute atomic E-state index is 10.7. The maximum atomic E-state index is 10.7. The lowest BCUT2D eigenvalue weighted by molar-refractivity contribution is -0.141. The van der Waals surface area contributed by atoms with Crippen LogP contribution in [0.2, 0.25) is 0 Å². The molecule has 4 heteroatoms. The van der Waals surface area contributed by atoms with E-state index < -0.39 is 0 Å². The second kappa shape index (κ2) is 5.57. The smallest absolute Gasteiger partial charge is 0.302 e. The molecule has 0 unspecified atom stereocenters. The maximum Gasteiger partial charge on any atom is 0.302 e. The summed E-state index contributed by atoms with van der Waals surface area (Å²) in [6, 6.07) is 0. The monoisotopic (exact) mass is 173 g/mol. The molecule has 12 heavy (non-hydrogen) atoms. The molecule has 4 nitrogen and oxygen atoms in total. The molecule has 0 aliphatic carbocycles. The number of hydrogen-bond acceptors (Lipinski definition) is 3. The zero-order valence-corrected chi connectivity index (χ0v) is 7.79. The van der Waals surface area contributed by atoms with E-state index >= 15 is 0 Å². The van der Waals surface area contributed by atoms with Gasteiger partial charge in [0.05, 0.1) is 6.61 Å². The topological polar surface area (TPSA) is 46.6 Å². The molecule has 0 spiro atoms. The van der Waals surface area contributed by atoms with Crippen molar-refractivity contribution in [2.45, 2.75) is 20.3 Å². The molecule has 0 aliphatic heterocycles. The molecule has 0 bridgehead atoms. The Morgan fingerprint density at radius 2 is 1.92 bits per heavy atom. The Balaban J connectivity index is 3.31. The van der Waals surface area contributed by atoms with Crippen molar-refractivity contribution in [1.82, 2.24) is 4.90 Å². The molecule has 0 rings (SSSR count). The molecule has 0 saturated carbocycles. The van der Waals surface area contributed by atoms with Crippen LogP contribution in [0.1, 0.15) is 20.3 Å². The van der Waals surface area contributed by atoms with Gasteiger partial charge in [-0.1, -0.05) is 0 Å². The number of hydrogen-bond donors (Lipinski definition) is 0. The Morgan fingerprint density at radius 3 is 2.33 bits per heavy atom. The van der Waals surface area contributed by atoms with Crippen LogP contribution in [0.15, 0.2) is 0 Å². The van der Waals surface area contributed by atoms with Crippen LogP contribution in [0.3, 0.4) is 0 Å². The quantitative estimate of drug-likeness (QED) is 0.457. The SMILES string of the molecule is CC(=O)OCCCN(C)C(C)=O. The minimum atomic E-state index is -0.277. The predicted molar refractivity (Wildman–Crippen MR) is 44.6 cm³/mol. The highest BCUT2D eigenvalue weighted by molar-refractivity contribution is 5.72. The first-order chi connectivity index (χ1) is 5.54. The van der Waals surface area contributed by atoms with E-state index in [4.69, 9.17) is 4.74 Å². The summed E-state index contributed by atoms with van der Waals surface area (Å²) in [4.78, 5) is 22.6. The van der Waals surface area contributed by atoms with Gasteiger partial charge in [0.25, 0.3) is 0 Å². The van der Waals surface area contributed by atoms with Crippen LogP contribution >= 0.6 is 0 Å². The van der Waals surface area contributed by atoms with Crippen molar-refractivity contribution >= 4 is 11.9 Å². The number of nitrogens with zero attached hydrogens (tertiary/aromatic N) is 1. The Kier molecular flexibility index (Phi) is 5.08. The van der Waals surface area contributed by atoms with Gasteiger partial charge in [-0.25, -0.2) is 0 Å². The van der Waals surface area contributed by atoms with Gasteiger partial charge in [0.15, 0.2) is 0 Å². The fourth-order valence-corrected chi connectivity index (χ4v) is 0.675. The lowest BCUT2D eigenvalue weighted by atomic mass is 10.4. The van der Waals surface area contributed by atoms with Gasteiger partial charge >= 0.3 is 5.97 Å². The second-order valence-electron chi connectivity index (χ2n) is 2.63. The summed E-state index contributed by atoms with van der Waals surface area (Å²) in [5.41, 5.74) is 0. The van der Waals surface area contributed by atoms with E-state index in [1.807, 2.05) is 0 Å². The lowest BCUT2D eigenvalue weighted by Crippen LogP contribution is -2.25. The number of carbonyl (C=O) groups excluding carboxylic acids is 2. The van der Waals surface area contributed by atoms with Crippen LogP contribution in [-0.4, -0.2) is 37.0 Å². The summed E-state index contributed by atoms with van der Waals surface area (Å²) in [5, 5.41) is 0. The molecular formula is C8H15NO3. The molecule has 0 aliphatic rings. The average Bonchev–Trinajstić information content (AvgIpc) is 1.97. The third-order valence-corrected chi connectivity index (χ3v) is 1.48. The molecule has 0 atom stereocenters. The van der Waals surface area contributed by atoms with Crippen molar-refractivity contribution in [3.05, 3.63) is 0 Å². The third kappa shape index (κ3) is 5.70. The van der Waals surface area contributed by atoms with Gasteiger partial charge in [0.2, 0.25) is 5.91 Å². The van der Waals surface area contributed by atoms with Crippen molar-refractivity contribution in [3.63, 3.8) is 0 Å². The van der Waals surface area contributed by atoms with Crippen LogP contribution < -0.4 is 0 Å². The number of carbonyl (C=O) groups is 2. The van der Waals surface area contributed by atoms with Gasteiger partial charge in [-0.15, -0.1) is 0 Å². The van der Waals surface area contributed by atoms with Crippen molar-refractivity contribution in [3.8, 4) is 0 Å². The third-order valence-electron chi connectivity index (χ3n) is 1.48. The highest BCUT2D eigenvalue weighted by Crippen LogP contribution is 1.89. The standard InChI is InChI=1S/C8H15NO3/c1-7(10)9(3)5-4-6-12-8(2)11/h4-6H2,1-3H3. The van der Waals surface area contributed by atoms with Gasteiger partial charge in [0.1, 0.15) is 0 Å². The number of ether oxygens (including phenoxy) is 1. The van der Waals surface area contributed by atoms with Gasteiger partial charge in [0, 0.05) is 27.4 Å². The highest BCUT2D eigenvalue weighted by Gasteiger charge is 2.00. The van der Waals surface area contributed by atoms with E-state index in [1.54, 1.807) is 11.9 Å². The van der Waals surface area contributed by atoms with Gasteiger partial charge in [-0.3, -0.25) is 9.59 Å². The first-order valence-corrected chi connectivity index (χ1v) is 3.89. The molecule has 0 aromatic heterocycles. The number of esters is 1. The molecular weight excluding hydrogens is 158 g/mol. The van der Waals surface area contributed by atoms with Crippen LogP contribution in [-0.2, 0) is 14.3 Å². The molecule has 0 heterocycles. The summed E-state index contributed by atoms with van der Waals surface area (Å²) in [7, 11) is 1.72. The van der Waals surface area contributed by atoms with E-state index in [9.17, 15) is 9.59 Å². The van der Waals surface area contributed by atoms with E-state index in [1.165, 1.54) is 13.8 Å². The predicted octanol–water partition coefficient (Wildman–Crippen LogP) is 0.418. The molecule has 1 amide bonds. The van der Waals surface area contributed by atoms with Crippen molar-refractivity contribution in [2.24, 2.45) is 0 Å². The van der Waals surface area contributed by atoms with Crippen molar-refractivity contribution in [2.75, 3.05) is 20.2 Å². The highest BCUT2D eigenvalue weighted by atomic mass is 16.5. The van der Waals surface area contributed by atoms with Crippen molar-refractivity contribution in [1.29, 1.82) is 0 Å². The van der Waals surface area contributed by atoms with E-state index in [0.29, 0.717) is 19.6 Å². The Bertz CT molecular complexity index is 168. The lowest BCUT2D eigenvalue weighted by Gasteiger charge is -2.13. The van der Waals surface area contributed by atoms with Crippen LogP contribution in [0.25, 0.3) is 0 Å². The average molecular weight is 173 g/mol. The summed E-state index contributed by atoms with van der Waals surface area (Å²) < 4.78 is 4.70. The summed E-state index contributed by atoms with van der Waals surface area (Å²) >= 11 is 0. The first kappa shape index (κ1) is 10.9. The first-order valence-electron chi connectivity index (χ1n) is 3.89. The Hall–Kier alpha value is -1.06. The molecule has 0 fully saturated rings. The van der Waals surface area contributed by atoms with Crippen LogP contribution in [0, 0.1) is 0 Å². The minimum absolute atomic E-state index is 0.0258. The van der Waals surface area contributed by atoms with Gasteiger partial charge in [-0.05, 0) is 6.42 Å². The zero-order chi connectivity index (χ0) is 9.56. The van der Waals surface area contributed by atoms with E-state index in [2.05, 4.69) is 0 Å². The second-order valence-corrected chi connectivity index (χ2v) is 2.63. The van der Waals surface area contributed by atoms with Crippen LogP contribution in [0.4, 0.5) is 0 Å². The normalized spacial score (nSPS) is 9.25. The number of rotatable bonds is 4. The van der Waals surface area contributed by atoms with E-state index in [-0.39, 0.29) is 11.9 Å². The Labute approximate surface area is 72.5 Å². The zero-order valence-electron chi connectivity index (χ0n) is 7.79. The summed E-state index contributed by atoms with van der Waals surface area (Å²) in [5.74, 6) is -0.252. The molecule has 0 aromatic rings. The minimum Gasteiger partial charge on any atom is -0.466 e. The van der Waals surface area contributed by atoms with Gasteiger partial charge in [-0.2, -0.15) is 0 Å². The van der Waals surface area contributed by atoms with E-state index in [0.717, 1.165) is 0 Å². The van der Waals surface area contributed by atoms with Crippen molar-refractivity contribution < 1.29 is 14.3 Å².